The topological polar surface area (TPSA) is 109 Å². The number of carbonyl (C=O) groups is 3. The molecule has 4 heterocycles. The van der Waals surface area contributed by atoms with Gasteiger partial charge in [0.05, 0.1) is 50.4 Å². The van der Waals surface area contributed by atoms with Crippen LogP contribution in [0.15, 0.2) is 25.3 Å². The first-order valence-electron chi connectivity index (χ1n) is 14.4. The monoisotopic (exact) mass is 625 g/mol. The Morgan fingerprint density at radius 3 is 2.62 bits per heavy atom. The minimum absolute atomic E-state index is 0.166. The molecular formula is C29H44BrN3O7. The normalized spacial score (nSPS) is 32.3. The zero-order chi connectivity index (χ0) is 29.0. The van der Waals surface area contributed by atoms with Crippen LogP contribution < -0.4 is 0 Å². The Hall–Kier alpha value is -1.79. The Kier molecular flexibility index (Phi) is 10.5. The average molecular weight is 627 g/mol. The van der Waals surface area contributed by atoms with Crippen LogP contribution in [-0.4, -0.2) is 125 Å². The van der Waals surface area contributed by atoms with Crippen LogP contribution in [0.5, 0.6) is 0 Å². The predicted octanol–water partition coefficient (Wildman–Crippen LogP) is 1.61. The van der Waals surface area contributed by atoms with Gasteiger partial charge >= 0.3 is 5.97 Å². The summed E-state index contributed by atoms with van der Waals surface area (Å²) in [7, 11) is 0. The molecule has 4 aliphatic heterocycles. The van der Waals surface area contributed by atoms with Gasteiger partial charge in [0.2, 0.25) is 11.8 Å². The molecule has 4 rings (SSSR count). The lowest BCUT2D eigenvalue weighted by Gasteiger charge is -2.40. The molecule has 11 heteroatoms. The lowest BCUT2D eigenvalue weighted by molar-refractivity contribution is -0.156. The largest absolute Gasteiger partial charge is 0.465 e. The molecule has 1 N–H and O–H groups in total. The maximum Gasteiger partial charge on any atom is 0.312 e. The molecule has 7 atom stereocenters. The summed E-state index contributed by atoms with van der Waals surface area (Å²) in [5.74, 6) is -2.59. The van der Waals surface area contributed by atoms with E-state index in [4.69, 9.17) is 14.2 Å². The molecule has 2 amide bonds. The van der Waals surface area contributed by atoms with Crippen molar-refractivity contribution in [2.75, 3.05) is 59.2 Å². The van der Waals surface area contributed by atoms with E-state index in [2.05, 4.69) is 34.0 Å². The van der Waals surface area contributed by atoms with E-state index in [0.29, 0.717) is 52.1 Å². The average Bonchev–Trinajstić information content (AvgIpc) is 3.53. The number of hydrogen-bond donors (Lipinski definition) is 1. The van der Waals surface area contributed by atoms with E-state index >= 15 is 0 Å². The summed E-state index contributed by atoms with van der Waals surface area (Å²) in [5, 5.41) is 10.5. The first-order chi connectivity index (χ1) is 19.2. The Balaban J connectivity index is 1.69. The maximum absolute atomic E-state index is 14.5. The fourth-order valence-corrected chi connectivity index (χ4v) is 7.82. The summed E-state index contributed by atoms with van der Waals surface area (Å²) in [5.41, 5.74) is -1.20. The fourth-order valence-electron chi connectivity index (χ4n) is 6.88. The minimum Gasteiger partial charge on any atom is -0.465 e. The van der Waals surface area contributed by atoms with Crippen LogP contribution in [-0.2, 0) is 28.6 Å². The van der Waals surface area contributed by atoms with Gasteiger partial charge in [0.1, 0.15) is 11.6 Å². The van der Waals surface area contributed by atoms with Crippen LogP contribution in [0.3, 0.4) is 0 Å². The third kappa shape index (κ3) is 5.90. The number of hydrogen-bond acceptors (Lipinski definition) is 8. The van der Waals surface area contributed by atoms with Gasteiger partial charge in [-0.2, -0.15) is 0 Å². The number of halogens is 1. The zero-order valence-corrected chi connectivity index (χ0v) is 25.3. The number of carbonyl (C=O) groups excluding carboxylic acids is 3. The first-order valence-corrected chi connectivity index (χ1v) is 15.3. The molecule has 0 saturated carbocycles. The summed E-state index contributed by atoms with van der Waals surface area (Å²) in [6.07, 6.45) is 4.19. The van der Waals surface area contributed by atoms with Crippen molar-refractivity contribution < 1.29 is 33.7 Å². The van der Waals surface area contributed by atoms with Crippen molar-refractivity contribution in [3.8, 4) is 0 Å². The smallest absolute Gasteiger partial charge is 0.312 e. The molecule has 0 aromatic carbocycles. The molecule has 224 valence electrons. The van der Waals surface area contributed by atoms with E-state index in [0.717, 1.165) is 13.1 Å². The summed E-state index contributed by atoms with van der Waals surface area (Å²) in [6, 6.07) is -1.55. The van der Waals surface area contributed by atoms with E-state index in [1.54, 1.807) is 22.0 Å². The molecule has 1 spiro atoms. The summed E-state index contributed by atoms with van der Waals surface area (Å²) in [6.45, 7) is 15.8. The molecule has 0 aliphatic carbocycles. The van der Waals surface area contributed by atoms with E-state index < -0.39 is 41.6 Å². The molecule has 4 fully saturated rings. The molecular weight excluding hydrogens is 582 g/mol. The van der Waals surface area contributed by atoms with Gasteiger partial charge in [0.15, 0.2) is 0 Å². The molecule has 0 aromatic heterocycles. The lowest BCUT2D eigenvalue weighted by Crippen LogP contribution is -2.59. The Bertz CT molecular complexity index is 958. The van der Waals surface area contributed by atoms with Crippen molar-refractivity contribution in [1.82, 2.24) is 14.7 Å². The van der Waals surface area contributed by atoms with Crippen molar-refractivity contribution in [3.63, 3.8) is 0 Å². The van der Waals surface area contributed by atoms with Gasteiger partial charge in [0.25, 0.3) is 0 Å². The fraction of sp³-hybridized carbons (Fsp3) is 0.759. The third-order valence-electron chi connectivity index (χ3n) is 8.60. The SMILES string of the molecule is C=CCCOC(=O)[C@H]1[C@H]2C(=O)N([C@@H](CO)CC(C)C)C(C(=O)N(CC=C)CCN3CCOCC3)C23CC(Br)[C@@H]1O3. The van der Waals surface area contributed by atoms with Crippen molar-refractivity contribution in [2.24, 2.45) is 17.8 Å². The molecule has 40 heavy (non-hydrogen) atoms. The summed E-state index contributed by atoms with van der Waals surface area (Å²) >= 11 is 3.69. The number of aliphatic hydroxyl groups excluding tert-OH is 1. The minimum atomic E-state index is -1.20. The van der Waals surface area contributed by atoms with Gasteiger partial charge in [0, 0.05) is 37.6 Å². The van der Waals surface area contributed by atoms with E-state index in [1.165, 1.54) is 0 Å². The number of nitrogens with zero attached hydrogens (tertiary/aromatic N) is 3. The predicted molar refractivity (Wildman–Crippen MR) is 153 cm³/mol. The molecule has 3 unspecified atom stereocenters. The van der Waals surface area contributed by atoms with Gasteiger partial charge in [-0.3, -0.25) is 19.3 Å². The molecule has 4 saturated heterocycles. The number of esters is 1. The summed E-state index contributed by atoms with van der Waals surface area (Å²) < 4.78 is 17.6. The van der Waals surface area contributed by atoms with E-state index in [-0.39, 0.29) is 35.8 Å². The van der Waals surface area contributed by atoms with Crippen LogP contribution in [0.1, 0.15) is 33.1 Å². The van der Waals surface area contributed by atoms with Crippen molar-refractivity contribution >= 4 is 33.7 Å². The van der Waals surface area contributed by atoms with Crippen LogP contribution in [0.25, 0.3) is 0 Å². The van der Waals surface area contributed by atoms with Gasteiger partial charge in [-0.15, -0.1) is 13.2 Å². The highest BCUT2D eigenvalue weighted by molar-refractivity contribution is 9.09. The number of fused-ring (bicyclic) bond motifs is 1. The van der Waals surface area contributed by atoms with Gasteiger partial charge in [-0.25, -0.2) is 0 Å². The maximum atomic E-state index is 14.5. The van der Waals surface area contributed by atoms with Crippen molar-refractivity contribution in [1.29, 1.82) is 0 Å². The quantitative estimate of drug-likeness (QED) is 0.134. The molecule has 2 bridgehead atoms. The number of alkyl halides is 1. The molecule has 10 nitrogen and oxygen atoms in total. The second kappa shape index (κ2) is 13.5. The summed E-state index contributed by atoms with van der Waals surface area (Å²) in [4.78, 5) is 47.5. The van der Waals surface area contributed by atoms with Crippen molar-refractivity contribution in [3.05, 3.63) is 25.3 Å². The van der Waals surface area contributed by atoms with Crippen LogP contribution >= 0.6 is 15.9 Å². The molecule has 0 radical (unpaired) electrons. The highest BCUT2D eigenvalue weighted by Crippen LogP contribution is 2.60. The highest BCUT2D eigenvalue weighted by Gasteiger charge is 2.77. The van der Waals surface area contributed by atoms with Crippen LogP contribution in [0, 0.1) is 17.8 Å². The van der Waals surface area contributed by atoms with Crippen molar-refractivity contribution in [2.45, 2.75) is 61.7 Å². The lowest BCUT2D eigenvalue weighted by atomic mass is 9.70. The Morgan fingerprint density at radius 1 is 1.27 bits per heavy atom. The van der Waals surface area contributed by atoms with E-state index in [9.17, 15) is 19.5 Å². The number of amides is 2. The number of aliphatic hydroxyl groups is 1. The van der Waals surface area contributed by atoms with Crippen LogP contribution in [0.2, 0.25) is 0 Å². The standard InChI is InChI=1S/C29H44BrN3O7/c1-5-7-13-39-28(37)22-23-26(35)33(20(18-34)16-19(3)4)25(29(23)17-21(30)24(22)40-29)27(36)32(8-6-2)10-9-31-11-14-38-15-12-31/h5-6,19-25,34H,1-2,7-18H2,3-4H3/t20-,21?,22+,23+,24+,25?,29?/m1/s1. The van der Waals surface area contributed by atoms with Gasteiger partial charge in [-0.05, 0) is 25.2 Å². The van der Waals surface area contributed by atoms with E-state index in [1.807, 2.05) is 13.8 Å². The number of ether oxygens (including phenoxy) is 3. The number of rotatable bonds is 14. The Morgan fingerprint density at radius 2 is 2.00 bits per heavy atom. The molecule has 4 aliphatic rings. The highest BCUT2D eigenvalue weighted by atomic mass is 79.9. The van der Waals surface area contributed by atoms with Gasteiger partial charge < -0.3 is 29.1 Å². The Labute approximate surface area is 245 Å². The third-order valence-corrected chi connectivity index (χ3v) is 9.44. The van der Waals surface area contributed by atoms with Crippen LogP contribution in [0.4, 0.5) is 0 Å². The second-order valence-corrected chi connectivity index (χ2v) is 12.8. The van der Waals surface area contributed by atoms with Gasteiger partial charge in [-0.1, -0.05) is 41.9 Å². The number of morpholine rings is 1. The number of likely N-dealkylation sites (tertiary alicyclic amines) is 1. The molecule has 0 aromatic rings. The zero-order valence-electron chi connectivity index (χ0n) is 23.7. The first kappa shape index (κ1) is 31.2. The second-order valence-electron chi connectivity index (χ2n) is 11.6.